The maximum Gasteiger partial charge on any atom is 0.231 e. The van der Waals surface area contributed by atoms with E-state index in [0.29, 0.717) is 44.6 Å². The van der Waals surface area contributed by atoms with Crippen molar-refractivity contribution in [2.24, 2.45) is 5.73 Å². The Morgan fingerprint density at radius 3 is 2.32 bits per heavy atom. The summed E-state index contributed by atoms with van der Waals surface area (Å²) in [5, 5.41) is 8.75. The first-order valence-corrected chi connectivity index (χ1v) is 7.36. The minimum Gasteiger partial charge on any atom is -0.369 e. The van der Waals surface area contributed by atoms with Crippen LogP contribution in [0, 0.1) is 11.3 Å². The van der Waals surface area contributed by atoms with Crippen LogP contribution < -0.4 is 5.73 Å². The van der Waals surface area contributed by atoms with Crippen molar-refractivity contribution in [2.45, 2.75) is 12.8 Å². The largest absolute Gasteiger partial charge is 0.369 e. The second kappa shape index (κ2) is 7.57. The van der Waals surface area contributed by atoms with Gasteiger partial charge in [-0.1, -0.05) is 12.1 Å². The molecule has 6 heteroatoms. The maximum absolute atomic E-state index is 12.2. The number of rotatable bonds is 5. The van der Waals surface area contributed by atoms with Crippen LogP contribution in [-0.4, -0.2) is 54.3 Å². The molecule has 0 bridgehead atoms. The van der Waals surface area contributed by atoms with Gasteiger partial charge in [-0.05, 0) is 24.1 Å². The van der Waals surface area contributed by atoms with Crippen molar-refractivity contribution in [3.05, 3.63) is 35.4 Å². The van der Waals surface area contributed by atoms with E-state index in [9.17, 15) is 9.59 Å². The second-order valence-electron chi connectivity index (χ2n) is 5.43. The summed E-state index contributed by atoms with van der Waals surface area (Å²) in [5.41, 5.74) is 6.85. The highest BCUT2D eigenvalue weighted by atomic mass is 16.2. The molecule has 6 nitrogen and oxygen atoms in total. The minimum absolute atomic E-state index is 0.128. The summed E-state index contributed by atoms with van der Waals surface area (Å²) in [6.07, 6.45) is 1.13. The van der Waals surface area contributed by atoms with Gasteiger partial charge in [-0.25, -0.2) is 0 Å². The lowest BCUT2D eigenvalue weighted by molar-refractivity contribution is -0.133. The van der Waals surface area contributed by atoms with Crippen molar-refractivity contribution in [2.75, 3.05) is 32.7 Å². The third kappa shape index (κ3) is 4.57. The molecule has 0 spiro atoms. The number of nitrogens with two attached hydrogens (primary N) is 1. The lowest BCUT2D eigenvalue weighted by atomic mass is 10.1. The fourth-order valence-electron chi connectivity index (χ4n) is 2.53. The van der Waals surface area contributed by atoms with Crippen molar-refractivity contribution in [1.82, 2.24) is 9.80 Å². The van der Waals surface area contributed by atoms with E-state index in [-0.39, 0.29) is 18.4 Å². The Kier molecular flexibility index (Phi) is 5.50. The molecule has 0 saturated carbocycles. The quantitative estimate of drug-likeness (QED) is 0.836. The third-order valence-electron chi connectivity index (χ3n) is 3.82. The average Bonchev–Trinajstić information content (AvgIpc) is 2.53. The van der Waals surface area contributed by atoms with Gasteiger partial charge in [0.1, 0.15) is 0 Å². The van der Waals surface area contributed by atoms with Gasteiger partial charge in [0.2, 0.25) is 11.8 Å². The Balaban J connectivity index is 1.76. The molecule has 1 aliphatic rings. The predicted octanol–water partition coefficient (Wildman–Crippen LogP) is 0.120. The van der Waals surface area contributed by atoms with Gasteiger partial charge in [0.25, 0.3) is 0 Å². The van der Waals surface area contributed by atoms with Crippen LogP contribution in [-0.2, 0) is 16.0 Å². The molecule has 1 heterocycles. The van der Waals surface area contributed by atoms with Crippen LogP contribution in [0.1, 0.15) is 17.5 Å². The molecule has 0 atom stereocenters. The van der Waals surface area contributed by atoms with Crippen LogP contribution in [0.25, 0.3) is 0 Å². The Labute approximate surface area is 130 Å². The number of nitrogens with zero attached hydrogens (tertiary/aromatic N) is 3. The number of carbonyl (C=O) groups is 2. The summed E-state index contributed by atoms with van der Waals surface area (Å²) in [6.45, 7) is 2.91. The standard InChI is InChI=1S/C16H20N4O2/c17-11-14-3-1-13(2-4-14)5-6-16(22)20-9-7-19(8-10-20)12-15(18)21/h1-4H,5-10,12H2,(H2,18,21). The first-order chi connectivity index (χ1) is 10.6. The number of piperazine rings is 1. The van der Waals surface area contributed by atoms with Crippen LogP contribution in [0.2, 0.25) is 0 Å². The zero-order valence-corrected chi connectivity index (χ0v) is 12.5. The van der Waals surface area contributed by atoms with Crippen molar-refractivity contribution >= 4 is 11.8 Å². The summed E-state index contributed by atoms with van der Waals surface area (Å²) in [4.78, 5) is 26.9. The fraction of sp³-hybridized carbons (Fsp3) is 0.438. The Morgan fingerprint density at radius 2 is 1.77 bits per heavy atom. The molecule has 1 aromatic rings. The van der Waals surface area contributed by atoms with E-state index in [1.54, 1.807) is 12.1 Å². The third-order valence-corrected chi connectivity index (χ3v) is 3.82. The predicted molar refractivity (Wildman–Crippen MR) is 81.7 cm³/mol. The molecular formula is C16H20N4O2. The first-order valence-electron chi connectivity index (χ1n) is 7.36. The minimum atomic E-state index is -0.333. The van der Waals surface area contributed by atoms with Gasteiger partial charge in [0.15, 0.2) is 0 Å². The van der Waals surface area contributed by atoms with E-state index in [2.05, 4.69) is 6.07 Å². The lowest BCUT2D eigenvalue weighted by Crippen LogP contribution is -2.50. The molecule has 22 heavy (non-hydrogen) atoms. The fourth-order valence-corrected chi connectivity index (χ4v) is 2.53. The molecule has 0 radical (unpaired) electrons. The second-order valence-corrected chi connectivity index (χ2v) is 5.43. The van der Waals surface area contributed by atoms with E-state index in [4.69, 9.17) is 11.0 Å². The van der Waals surface area contributed by atoms with E-state index >= 15 is 0 Å². The average molecular weight is 300 g/mol. The molecule has 2 amide bonds. The molecule has 0 aromatic heterocycles. The molecule has 2 N–H and O–H groups in total. The highest BCUT2D eigenvalue weighted by Crippen LogP contribution is 2.09. The van der Waals surface area contributed by atoms with Crippen LogP contribution >= 0.6 is 0 Å². The van der Waals surface area contributed by atoms with Crippen LogP contribution in [0.5, 0.6) is 0 Å². The number of benzene rings is 1. The van der Waals surface area contributed by atoms with Gasteiger partial charge in [-0.2, -0.15) is 5.26 Å². The van der Waals surface area contributed by atoms with E-state index in [1.807, 2.05) is 21.9 Å². The van der Waals surface area contributed by atoms with E-state index in [0.717, 1.165) is 5.56 Å². The zero-order valence-electron chi connectivity index (χ0n) is 12.5. The number of aryl methyl sites for hydroxylation is 1. The number of hydrogen-bond donors (Lipinski definition) is 1. The van der Waals surface area contributed by atoms with Gasteiger partial charge >= 0.3 is 0 Å². The number of nitriles is 1. The molecule has 0 unspecified atom stereocenters. The SMILES string of the molecule is N#Cc1ccc(CCC(=O)N2CCN(CC(N)=O)CC2)cc1. The van der Waals surface area contributed by atoms with Gasteiger partial charge in [0.05, 0.1) is 18.2 Å². The number of hydrogen-bond acceptors (Lipinski definition) is 4. The highest BCUT2D eigenvalue weighted by molar-refractivity contribution is 5.77. The van der Waals surface area contributed by atoms with Crippen molar-refractivity contribution in [3.63, 3.8) is 0 Å². The summed E-state index contributed by atoms with van der Waals surface area (Å²) in [6, 6.07) is 9.38. The summed E-state index contributed by atoms with van der Waals surface area (Å²) in [5.74, 6) is -0.205. The van der Waals surface area contributed by atoms with Crippen molar-refractivity contribution in [1.29, 1.82) is 5.26 Å². The Bertz CT molecular complexity index is 569. The number of carbonyl (C=O) groups excluding carboxylic acids is 2. The van der Waals surface area contributed by atoms with Crippen molar-refractivity contribution in [3.8, 4) is 6.07 Å². The normalized spacial score (nSPS) is 15.3. The van der Waals surface area contributed by atoms with E-state index < -0.39 is 0 Å². The molecule has 116 valence electrons. The number of amides is 2. The summed E-state index contributed by atoms with van der Waals surface area (Å²) < 4.78 is 0. The van der Waals surface area contributed by atoms with Gasteiger partial charge < -0.3 is 10.6 Å². The summed E-state index contributed by atoms with van der Waals surface area (Å²) >= 11 is 0. The van der Waals surface area contributed by atoms with Gasteiger partial charge in [-0.15, -0.1) is 0 Å². The van der Waals surface area contributed by atoms with Gasteiger partial charge in [0, 0.05) is 32.6 Å². The lowest BCUT2D eigenvalue weighted by Gasteiger charge is -2.34. The van der Waals surface area contributed by atoms with Crippen LogP contribution in [0.15, 0.2) is 24.3 Å². The molecule has 1 fully saturated rings. The van der Waals surface area contributed by atoms with E-state index in [1.165, 1.54) is 0 Å². The molecular weight excluding hydrogens is 280 g/mol. The van der Waals surface area contributed by atoms with Crippen molar-refractivity contribution < 1.29 is 9.59 Å². The summed E-state index contributed by atoms with van der Waals surface area (Å²) in [7, 11) is 0. The molecule has 1 aromatic carbocycles. The smallest absolute Gasteiger partial charge is 0.231 e. The molecule has 1 aliphatic heterocycles. The first kappa shape index (κ1) is 16.0. The van der Waals surface area contributed by atoms with Crippen LogP contribution in [0.4, 0.5) is 0 Å². The topological polar surface area (TPSA) is 90.4 Å². The Morgan fingerprint density at radius 1 is 1.14 bits per heavy atom. The maximum atomic E-state index is 12.2. The molecule has 1 saturated heterocycles. The number of primary amides is 1. The zero-order chi connectivity index (χ0) is 15.9. The molecule has 2 rings (SSSR count). The highest BCUT2D eigenvalue weighted by Gasteiger charge is 2.21. The monoisotopic (exact) mass is 300 g/mol. The Hall–Kier alpha value is -2.39. The van der Waals surface area contributed by atoms with Gasteiger partial charge in [-0.3, -0.25) is 14.5 Å². The molecule has 0 aliphatic carbocycles. The van der Waals surface area contributed by atoms with Crippen LogP contribution in [0.3, 0.4) is 0 Å².